The zero-order chi connectivity index (χ0) is 10.4. The summed E-state index contributed by atoms with van der Waals surface area (Å²) in [4.78, 5) is 4.47. The molecule has 2 heteroatoms. The Morgan fingerprint density at radius 2 is 2.20 bits per heavy atom. The lowest BCUT2D eigenvalue weighted by Gasteiger charge is -2.05. The van der Waals surface area contributed by atoms with Crippen LogP contribution in [-0.2, 0) is 0 Å². The molecule has 2 aromatic rings. The molecule has 1 aliphatic rings. The van der Waals surface area contributed by atoms with E-state index >= 15 is 0 Å². The summed E-state index contributed by atoms with van der Waals surface area (Å²) in [5.74, 6) is 1.35. The van der Waals surface area contributed by atoms with Crippen LogP contribution in [0.5, 0.6) is 0 Å². The first kappa shape index (κ1) is 8.96. The first-order valence-electron chi connectivity index (χ1n) is 5.72. The summed E-state index contributed by atoms with van der Waals surface area (Å²) in [5, 5.41) is 0. The van der Waals surface area contributed by atoms with Crippen LogP contribution in [0.1, 0.15) is 49.8 Å². The maximum Gasteiger partial charge on any atom is 0.137 e. The third kappa shape index (κ3) is 1.44. The maximum atomic E-state index is 4.47. The summed E-state index contributed by atoms with van der Waals surface area (Å²) in [5.41, 5.74) is 3.86. The van der Waals surface area contributed by atoms with Crippen molar-refractivity contribution < 1.29 is 0 Å². The fraction of sp³-hybridized carbons (Fsp3) is 0.462. The van der Waals surface area contributed by atoms with Crippen LogP contribution in [0.3, 0.4) is 0 Å². The molecule has 1 fully saturated rings. The Labute approximate surface area is 90.0 Å². The SMILES string of the molecule is CC(C)c1cnc2cc(C3CC3)ccn12. The Balaban J connectivity index is 2.13. The molecule has 2 nitrogen and oxygen atoms in total. The van der Waals surface area contributed by atoms with Crippen LogP contribution in [0.25, 0.3) is 5.65 Å². The van der Waals surface area contributed by atoms with Crippen LogP contribution >= 0.6 is 0 Å². The Morgan fingerprint density at radius 1 is 1.40 bits per heavy atom. The highest BCUT2D eigenvalue weighted by Crippen LogP contribution is 2.40. The summed E-state index contributed by atoms with van der Waals surface area (Å²) in [7, 11) is 0. The molecule has 0 radical (unpaired) electrons. The highest BCUT2D eigenvalue weighted by molar-refractivity contribution is 5.45. The summed E-state index contributed by atoms with van der Waals surface area (Å²) in [6.45, 7) is 4.41. The second kappa shape index (κ2) is 3.09. The predicted molar refractivity (Wildman–Crippen MR) is 61.3 cm³/mol. The van der Waals surface area contributed by atoms with Gasteiger partial charge in [-0.3, -0.25) is 0 Å². The third-order valence-corrected chi connectivity index (χ3v) is 3.21. The van der Waals surface area contributed by atoms with E-state index in [0.717, 1.165) is 11.6 Å². The van der Waals surface area contributed by atoms with E-state index in [9.17, 15) is 0 Å². The standard InChI is InChI=1S/C13H16N2/c1-9(2)12-8-14-13-7-11(10-3-4-10)5-6-15(12)13/h5-10H,3-4H2,1-2H3. The Kier molecular flexibility index (Phi) is 1.84. The monoisotopic (exact) mass is 200 g/mol. The third-order valence-electron chi connectivity index (χ3n) is 3.21. The quantitative estimate of drug-likeness (QED) is 0.726. The van der Waals surface area contributed by atoms with Gasteiger partial charge in [0.05, 0.1) is 0 Å². The summed E-state index contributed by atoms with van der Waals surface area (Å²) in [6.07, 6.45) is 6.88. The van der Waals surface area contributed by atoms with Gasteiger partial charge >= 0.3 is 0 Å². The van der Waals surface area contributed by atoms with Gasteiger partial charge in [-0.05, 0) is 42.4 Å². The Bertz CT molecular complexity index is 492. The Hall–Kier alpha value is -1.31. The van der Waals surface area contributed by atoms with Crippen molar-refractivity contribution in [1.29, 1.82) is 0 Å². The normalized spacial score (nSPS) is 16.5. The molecular formula is C13H16N2. The van der Waals surface area contributed by atoms with Gasteiger partial charge in [0, 0.05) is 18.1 Å². The molecule has 0 atom stereocenters. The molecule has 1 saturated carbocycles. The van der Waals surface area contributed by atoms with Gasteiger partial charge in [0.25, 0.3) is 0 Å². The number of fused-ring (bicyclic) bond motifs is 1. The molecule has 78 valence electrons. The molecule has 0 amide bonds. The van der Waals surface area contributed by atoms with Crippen LogP contribution in [0.15, 0.2) is 24.5 Å². The second-order valence-electron chi connectivity index (χ2n) is 4.80. The number of aromatic nitrogens is 2. The van der Waals surface area contributed by atoms with E-state index in [4.69, 9.17) is 0 Å². The van der Waals surface area contributed by atoms with Crippen LogP contribution in [-0.4, -0.2) is 9.38 Å². The van der Waals surface area contributed by atoms with Crippen LogP contribution in [0.2, 0.25) is 0 Å². The largest absolute Gasteiger partial charge is 0.304 e. The highest BCUT2D eigenvalue weighted by atomic mass is 15.0. The number of rotatable bonds is 2. The van der Waals surface area contributed by atoms with Crippen molar-refractivity contribution in [3.05, 3.63) is 35.8 Å². The van der Waals surface area contributed by atoms with Crippen LogP contribution < -0.4 is 0 Å². The van der Waals surface area contributed by atoms with E-state index in [1.807, 2.05) is 6.20 Å². The Morgan fingerprint density at radius 3 is 2.87 bits per heavy atom. The van der Waals surface area contributed by atoms with Gasteiger partial charge in [-0.25, -0.2) is 4.98 Å². The van der Waals surface area contributed by atoms with Crippen LogP contribution in [0.4, 0.5) is 0 Å². The minimum absolute atomic E-state index is 0.534. The van der Waals surface area contributed by atoms with E-state index in [1.165, 1.54) is 24.1 Å². The lowest BCUT2D eigenvalue weighted by molar-refractivity contribution is 0.808. The zero-order valence-electron chi connectivity index (χ0n) is 9.27. The second-order valence-corrected chi connectivity index (χ2v) is 4.80. The van der Waals surface area contributed by atoms with E-state index < -0.39 is 0 Å². The zero-order valence-corrected chi connectivity index (χ0v) is 9.27. The maximum absolute atomic E-state index is 4.47. The lowest BCUT2D eigenvalue weighted by Crippen LogP contribution is -1.95. The molecular weight excluding hydrogens is 184 g/mol. The van der Waals surface area contributed by atoms with Crippen molar-refractivity contribution >= 4 is 5.65 Å². The van der Waals surface area contributed by atoms with Crippen LogP contribution in [0, 0.1) is 0 Å². The van der Waals surface area contributed by atoms with Gasteiger partial charge < -0.3 is 4.40 Å². The number of hydrogen-bond donors (Lipinski definition) is 0. The molecule has 2 heterocycles. The molecule has 0 bridgehead atoms. The summed E-state index contributed by atoms with van der Waals surface area (Å²) >= 11 is 0. The smallest absolute Gasteiger partial charge is 0.137 e. The first-order valence-corrected chi connectivity index (χ1v) is 5.72. The van der Waals surface area contributed by atoms with Crippen molar-refractivity contribution in [2.24, 2.45) is 0 Å². The fourth-order valence-electron chi connectivity index (χ4n) is 2.11. The average molecular weight is 200 g/mol. The fourth-order valence-corrected chi connectivity index (χ4v) is 2.11. The molecule has 3 rings (SSSR count). The van der Waals surface area contributed by atoms with Gasteiger partial charge in [-0.1, -0.05) is 13.8 Å². The molecule has 15 heavy (non-hydrogen) atoms. The highest BCUT2D eigenvalue weighted by Gasteiger charge is 2.23. The molecule has 1 aliphatic carbocycles. The van der Waals surface area contributed by atoms with E-state index in [1.54, 1.807) is 0 Å². The van der Waals surface area contributed by atoms with Gasteiger partial charge in [-0.15, -0.1) is 0 Å². The summed E-state index contributed by atoms with van der Waals surface area (Å²) < 4.78 is 2.20. The molecule has 0 spiro atoms. The van der Waals surface area contributed by atoms with E-state index in [-0.39, 0.29) is 0 Å². The van der Waals surface area contributed by atoms with E-state index in [2.05, 4.69) is 41.6 Å². The van der Waals surface area contributed by atoms with Gasteiger partial charge in [0.2, 0.25) is 0 Å². The van der Waals surface area contributed by atoms with Crippen molar-refractivity contribution in [2.75, 3.05) is 0 Å². The van der Waals surface area contributed by atoms with Gasteiger partial charge in [0.15, 0.2) is 0 Å². The predicted octanol–water partition coefficient (Wildman–Crippen LogP) is 3.34. The lowest BCUT2D eigenvalue weighted by atomic mass is 10.1. The minimum Gasteiger partial charge on any atom is -0.304 e. The van der Waals surface area contributed by atoms with Crippen molar-refractivity contribution in [3.8, 4) is 0 Å². The van der Waals surface area contributed by atoms with E-state index in [0.29, 0.717) is 5.92 Å². The molecule has 0 saturated heterocycles. The molecule has 0 unspecified atom stereocenters. The van der Waals surface area contributed by atoms with Gasteiger partial charge in [-0.2, -0.15) is 0 Å². The first-order chi connectivity index (χ1) is 7.25. The van der Waals surface area contributed by atoms with Crippen molar-refractivity contribution in [1.82, 2.24) is 9.38 Å². The topological polar surface area (TPSA) is 17.3 Å². The van der Waals surface area contributed by atoms with Crippen molar-refractivity contribution in [3.63, 3.8) is 0 Å². The summed E-state index contributed by atoms with van der Waals surface area (Å²) in [6, 6.07) is 4.49. The molecule has 0 N–H and O–H groups in total. The molecule has 2 aromatic heterocycles. The molecule has 0 aliphatic heterocycles. The average Bonchev–Trinajstić information content (AvgIpc) is 2.97. The number of hydrogen-bond acceptors (Lipinski definition) is 1. The number of nitrogens with zero attached hydrogens (tertiary/aromatic N) is 2. The van der Waals surface area contributed by atoms with Gasteiger partial charge in [0.1, 0.15) is 5.65 Å². The minimum atomic E-state index is 0.534. The number of imidazole rings is 1. The van der Waals surface area contributed by atoms with Crippen molar-refractivity contribution in [2.45, 2.75) is 38.5 Å². The molecule has 0 aromatic carbocycles. The number of pyridine rings is 1.